The summed E-state index contributed by atoms with van der Waals surface area (Å²) >= 11 is 0. The molecule has 2 atom stereocenters. The number of hydrogen-bond acceptors (Lipinski definition) is 3. The molecule has 7 heteroatoms. The van der Waals surface area contributed by atoms with E-state index in [9.17, 15) is 18.0 Å². The van der Waals surface area contributed by atoms with Gasteiger partial charge in [-0.3, -0.25) is 4.79 Å². The molecular formula is C23H25F3N2O2. The van der Waals surface area contributed by atoms with Crippen LogP contribution in [0.5, 0.6) is 0 Å². The van der Waals surface area contributed by atoms with Crippen LogP contribution in [0.25, 0.3) is 0 Å². The number of benzene rings is 2. The van der Waals surface area contributed by atoms with Crippen LogP contribution in [0.3, 0.4) is 0 Å². The maximum atomic E-state index is 13.1. The topological polar surface area (TPSA) is 32.8 Å². The number of rotatable bonds is 3. The van der Waals surface area contributed by atoms with Gasteiger partial charge in [-0.1, -0.05) is 35.9 Å². The molecule has 4 rings (SSSR count). The lowest BCUT2D eigenvalue weighted by Crippen LogP contribution is -2.54. The number of aryl methyl sites for hydroxylation is 2. The number of piperazine rings is 1. The lowest BCUT2D eigenvalue weighted by Gasteiger charge is -2.42. The molecule has 4 nitrogen and oxygen atoms in total. The van der Waals surface area contributed by atoms with E-state index in [0.717, 1.165) is 17.2 Å². The molecule has 0 N–H and O–H groups in total. The summed E-state index contributed by atoms with van der Waals surface area (Å²) in [7, 11) is 0. The molecule has 0 saturated carbocycles. The maximum Gasteiger partial charge on any atom is 0.416 e. The van der Waals surface area contributed by atoms with Gasteiger partial charge in [0.05, 0.1) is 11.7 Å². The first-order valence-electron chi connectivity index (χ1n) is 10.2. The molecule has 2 aromatic rings. The smallest absolute Gasteiger partial charge is 0.368 e. The summed E-state index contributed by atoms with van der Waals surface area (Å²) in [5, 5.41) is 0. The second-order valence-electron chi connectivity index (χ2n) is 8.07. The monoisotopic (exact) mass is 418 g/mol. The van der Waals surface area contributed by atoms with Crippen LogP contribution in [0, 0.1) is 13.8 Å². The molecule has 0 bridgehead atoms. The molecule has 2 heterocycles. The summed E-state index contributed by atoms with van der Waals surface area (Å²) in [4.78, 5) is 16.4. The molecule has 1 amide bonds. The summed E-state index contributed by atoms with van der Waals surface area (Å²) in [5.74, 6) is -0.0289. The second-order valence-corrected chi connectivity index (χ2v) is 8.07. The molecule has 30 heavy (non-hydrogen) atoms. The summed E-state index contributed by atoms with van der Waals surface area (Å²) in [6.45, 7) is 5.79. The van der Waals surface area contributed by atoms with Crippen molar-refractivity contribution in [2.24, 2.45) is 0 Å². The van der Waals surface area contributed by atoms with Gasteiger partial charge in [-0.2, -0.15) is 13.2 Å². The van der Waals surface area contributed by atoms with Crippen LogP contribution in [0.15, 0.2) is 42.5 Å². The Morgan fingerprint density at radius 1 is 1.00 bits per heavy atom. The maximum absolute atomic E-state index is 13.1. The van der Waals surface area contributed by atoms with Gasteiger partial charge in [0.25, 0.3) is 5.91 Å². The Morgan fingerprint density at radius 3 is 2.23 bits per heavy atom. The van der Waals surface area contributed by atoms with Gasteiger partial charge in [0.2, 0.25) is 0 Å². The Balaban J connectivity index is 1.33. The van der Waals surface area contributed by atoms with Crippen LogP contribution in [0.4, 0.5) is 18.9 Å². The molecule has 2 aromatic carbocycles. The number of alkyl halides is 3. The molecule has 160 valence electrons. The van der Waals surface area contributed by atoms with Crippen LogP contribution in [0.1, 0.15) is 34.8 Å². The standard InChI is InChI=1S/C23H25F3N2O2/c1-15-3-6-17(7-4-15)20-14-21(30-20)22(29)28-11-9-27(10-12-28)19-13-18(23(24,25)26)8-5-16(19)2/h3-8,13,20-21H,9-12,14H2,1-2H3/t20?,21-/m1/s1. The first kappa shape index (κ1) is 20.7. The number of halogens is 3. The Bertz CT molecular complexity index is 913. The predicted octanol–water partition coefficient (Wildman–Crippen LogP) is 4.50. The number of hydrogen-bond donors (Lipinski definition) is 0. The Labute approximate surface area is 174 Å². The van der Waals surface area contributed by atoms with Crippen LogP contribution in [-0.4, -0.2) is 43.1 Å². The largest absolute Gasteiger partial charge is 0.416 e. The Hall–Kier alpha value is -2.54. The average molecular weight is 418 g/mol. The SMILES string of the molecule is Cc1ccc(C2C[C@H](C(=O)N3CCN(c4cc(C(F)(F)F)ccc4C)CC3)O2)cc1. The molecule has 1 unspecified atom stereocenters. The fourth-order valence-electron chi connectivity index (χ4n) is 4.03. The highest BCUT2D eigenvalue weighted by atomic mass is 19.4. The van der Waals surface area contributed by atoms with Crippen molar-refractivity contribution in [2.45, 2.75) is 38.7 Å². The third-order valence-electron chi connectivity index (χ3n) is 5.95. The normalized spacial score (nSPS) is 22.0. The van der Waals surface area contributed by atoms with Crippen LogP contribution < -0.4 is 4.90 Å². The van der Waals surface area contributed by atoms with Gasteiger partial charge in [-0.25, -0.2) is 0 Å². The highest BCUT2D eigenvalue weighted by Gasteiger charge is 2.39. The van der Waals surface area contributed by atoms with Crippen LogP contribution in [-0.2, 0) is 15.7 Å². The third kappa shape index (κ3) is 4.17. The van der Waals surface area contributed by atoms with Crippen molar-refractivity contribution in [3.63, 3.8) is 0 Å². The molecule has 0 radical (unpaired) electrons. The second kappa shape index (κ2) is 7.95. The van der Waals surface area contributed by atoms with E-state index in [2.05, 4.69) is 0 Å². The van der Waals surface area contributed by atoms with Crippen molar-refractivity contribution in [3.05, 3.63) is 64.7 Å². The van der Waals surface area contributed by atoms with Crippen molar-refractivity contribution >= 4 is 11.6 Å². The fourth-order valence-corrected chi connectivity index (χ4v) is 4.03. The van der Waals surface area contributed by atoms with Gasteiger partial charge in [0.15, 0.2) is 0 Å². The molecule has 0 spiro atoms. The van der Waals surface area contributed by atoms with E-state index in [1.54, 1.807) is 11.8 Å². The highest BCUT2D eigenvalue weighted by molar-refractivity contribution is 5.82. The lowest BCUT2D eigenvalue weighted by molar-refractivity contribution is -0.174. The quantitative estimate of drug-likeness (QED) is 0.736. The predicted molar refractivity (Wildman–Crippen MR) is 108 cm³/mol. The van der Waals surface area contributed by atoms with Crippen molar-refractivity contribution in [1.29, 1.82) is 0 Å². The zero-order chi connectivity index (χ0) is 21.5. The fraction of sp³-hybridized carbons (Fsp3) is 0.435. The Morgan fingerprint density at radius 2 is 1.63 bits per heavy atom. The third-order valence-corrected chi connectivity index (χ3v) is 5.95. The number of ether oxygens (including phenoxy) is 1. The van der Waals surface area contributed by atoms with E-state index in [-0.39, 0.29) is 12.0 Å². The van der Waals surface area contributed by atoms with Crippen LogP contribution in [0.2, 0.25) is 0 Å². The van der Waals surface area contributed by atoms with Gasteiger partial charge < -0.3 is 14.5 Å². The molecule has 0 aliphatic carbocycles. The van der Waals surface area contributed by atoms with Gasteiger partial charge in [-0.15, -0.1) is 0 Å². The summed E-state index contributed by atoms with van der Waals surface area (Å²) in [5.41, 5.74) is 2.99. The zero-order valence-electron chi connectivity index (χ0n) is 17.1. The van der Waals surface area contributed by atoms with Crippen molar-refractivity contribution < 1.29 is 22.7 Å². The molecule has 2 aliphatic heterocycles. The van der Waals surface area contributed by atoms with Gasteiger partial charge in [-0.05, 0) is 37.1 Å². The first-order chi connectivity index (χ1) is 14.2. The average Bonchev–Trinajstić information content (AvgIpc) is 2.68. The van der Waals surface area contributed by atoms with Gasteiger partial charge in [0.1, 0.15) is 6.10 Å². The minimum Gasteiger partial charge on any atom is -0.368 e. The highest BCUT2D eigenvalue weighted by Crippen LogP contribution is 2.37. The number of nitrogens with zero attached hydrogens (tertiary/aromatic N) is 2. The van der Waals surface area contributed by atoms with Crippen LogP contribution >= 0.6 is 0 Å². The summed E-state index contributed by atoms with van der Waals surface area (Å²) in [6, 6.07) is 11.9. The minimum absolute atomic E-state index is 0.0289. The van der Waals surface area contributed by atoms with Crippen molar-refractivity contribution in [3.8, 4) is 0 Å². The molecule has 2 saturated heterocycles. The summed E-state index contributed by atoms with van der Waals surface area (Å²) < 4.78 is 45.0. The lowest BCUT2D eigenvalue weighted by atomic mass is 9.96. The molecule has 2 fully saturated rings. The van der Waals surface area contributed by atoms with Gasteiger partial charge >= 0.3 is 6.18 Å². The minimum atomic E-state index is -4.37. The Kier molecular flexibility index (Phi) is 5.49. The van der Waals surface area contributed by atoms with Crippen molar-refractivity contribution in [2.75, 3.05) is 31.1 Å². The first-order valence-corrected chi connectivity index (χ1v) is 10.2. The summed E-state index contributed by atoms with van der Waals surface area (Å²) in [6.07, 6.45) is -4.18. The number of carbonyl (C=O) groups excluding carboxylic acids is 1. The van der Waals surface area contributed by atoms with E-state index in [4.69, 9.17) is 4.74 Å². The number of carbonyl (C=O) groups is 1. The van der Waals surface area contributed by atoms with E-state index in [0.29, 0.717) is 38.3 Å². The zero-order valence-corrected chi connectivity index (χ0v) is 17.1. The number of amides is 1. The van der Waals surface area contributed by atoms with E-state index >= 15 is 0 Å². The molecular weight excluding hydrogens is 393 g/mol. The molecule has 0 aromatic heterocycles. The van der Waals surface area contributed by atoms with E-state index in [1.165, 1.54) is 17.7 Å². The number of anilines is 1. The van der Waals surface area contributed by atoms with Crippen molar-refractivity contribution in [1.82, 2.24) is 4.90 Å². The molecule has 2 aliphatic rings. The van der Waals surface area contributed by atoms with Gasteiger partial charge in [0, 0.05) is 38.3 Å². The van der Waals surface area contributed by atoms with E-state index < -0.39 is 17.8 Å². The van der Waals surface area contributed by atoms with E-state index in [1.807, 2.05) is 36.1 Å².